The molecule has 0 aliphatic rings. The highest BCUT2D eigenvalue weighted by Gasteiger charge is 2.02. The van der Waals surface area contributed by atoms with Crippen molar-refractivity contribution in [2.45, 2.75) is 13.5 Å². The van der Waals surface area contributed by atoms with E-state index in [4.69, 9.17) is 0 Å². The maximum atomic E-state index is 11.7. The molecule has 19 heavy (non-hydrogen) atoms. The van der Waals surface area contributed by atoms with Crippen LogP contribution in [0.2, 0.25) is 0 Å². The number of hydrogen-bond acceptors (Lipinski definition) is 2. The summed E-state index contributed by atoms with van der Waals surface area (Å²) in [7, 11) is 0. The van der Waals surface area contributed by atoms with Gasteiger partial charge in [-0.15, -0.1) is 0 Å². The lowest BCUT2D eigenvalue weighted by Crippen LogP contribution is -2.28. The minimum atomic E-state index is -0.267. The smallest absolute Gasteiger partial charge is 0.320 e. The quantitative estimate of drug-likeness (QED) is 0.910. The van der Waals surface area contributed by atoms with Crippen LogP contribution in [0.25, 0.3) is 0 Å². The molecule has 4 nitrogen and oxygen atoms in total. The van der Waals surface area contributed by atoms with Crippen molar-refractivity contribution in [3.63, 3.8) is 0 Å². The fourth-order valence-corrected chi connectivity index (χ4v) is 1.98. The highest BCUT2D eigenvalue weighted by Crippen LogP contribution is 2.11. The summed E-state index contributed by atoms with van der Waals surface area (Å²) in [6, 6.07) is 11.2. The van der Waals surface area contributed by atoms with Gasteiger partial charge in [0.05, 0.1) is 0 Å². The van der Waals surface area contributed by atoms with Crippen molar-refractivity contribution in [1.82, 2.24) is 10.3 Å². The van der Waals surface area contributed by atoms with Gasteiger partial charge >= 0.3 is 6.03 Å². The number of benzene rings is 1. The van der Waals surface area contributed by atoms with Crippen LogP contribution in [0.1, 0.15) is 11.1 Å². The topological polar surface area (TPSA) is 54.0 Å². The lowest BCUT2D eigenvalue weighted by Gasteiger charge is -2.07. The number of anilines is 1. The number of aryl methyl sites for hydroxylation is 1. The van der Waals surface area contributed by atoms with Crippen LogP contribution in [-0.2, 0) is 6.54 Å². The molecule has 2 rings (SSSR count). The molecule has 0 aliphatic heterocycles. The molecular formula is C14H14BrN3O. The first-order valence-electron chi connectivity index (χ1n) is 5.85. The van der Waals surface area contributed by atoms with Crippen LogP contribution in [0.3, 0.4) is 0 Å². The second-order valence-electron chi connectivity index (χ2n) is 4.16. The number of halogens is 1. The molecule has 0 fully saturated rings. The molecule has 0 atom stereocenters. The van der Waals surface area contributed by atoms with E-state index in [1.807, 2.05) is 37.3 Å². The van der Waals surface area contributed by atoms with Crippen molar-refractivity contribution >= 4 is 27.8 Å². The molecule has 0 bridgehead atoms. The second kappa shape index (κ2) is 6.33. The van der Waals surface area contributed by atoms with Crippen LogP contribution in [0.5, 0.6) is 0 Å². The van der Waals surface area contributed by atoms with Crippen molar-refractivity contribution in [2.75, 3.05) is 5.32 Å². The molecule has 0 saturated heterocycles. The average molecular weight is 320 g/mol. The third-order valence-corrected chi connectivity index (χ3v) is 2.99. The predicted octanol–water partition coefficient (Wildman–Crippen LogP) is 3.47. The van der Waals surface area contributed by atoms with Gasteiger partial charge < -0.3 is 5.32 Å². The molecule has 0 spiro atoms. The Kier molecular flexibility index (Phi) is 4.52. The van der Waals surface area contributed by atoms with Crippen LogP contribution in [-0.4, -0.2) is 11.0 Å². The van der Waals surface area contributed by atoms with Gasteiger partial charge in [0.2, 0.25) is 0 Å². The number of amides is 2. The van der Waals surface area contributed by atoms with Crippen LogP contribution in [0.15, 0.2) is 47.1 Å². The standard InChI is InChI=1S/C14H14BrN3O/c1-10-5-6-13(16-8-10)18-14(19)17-9-11-3-2-4-12(15)7-11/h2-8H,9H2,1H3,(H2,16,17,18,19). The summed E-state index contributed by atoms with van der Waals surface area (Å²) in [4.78, 5) is 15.8. The number of urea groups is 1. The van der Waals surface area contributed by atoms with E-state index < -0.39 is 0 Å². The van der Waals surface area contributed by atoms with Gasteiger partial charge in [0.1, 0.15) is 5.82 Å². The number of hydrogen-bond donors (Lipinski definition) is 2. The monoisotopic (exact) mass is 319 g/mol. The summed E-state index contributed by atoms with van der Waals surface area (Å²) in [6.07, 6.45) is 1.71. The zero-order valence-corrected chi connectivity index (χ0v) is 12.1. The van der Waals surface area contributed by atoms with Gasteiger partial charge in [-0.25, -0.2) is 9.78 Å². The molecule has 5 heteroatoms. The lowest BCUT2D eigenvalue weighted by molar-refractivity contribution is 0.251. The molecule has 1 aromatic heterocycles. The number of pyridine rings is 1. The van der Waals surface area contributed by atoms with Crippen molar-refractivity contribution in [2.24, 2.45) is 0 Å². The minimum Gasteiger partial charge on any atom is -0.334 e. The van der Waals surface area contributed by atoms with E-state index in [0.29, 0.717) is 12.4 Å². The molecule has 2 amide bonds. The number of nitrogens with zero attached hydrogens (tertiary/aromatic N) is 1. The summed E-state index contributed by atoms with van der Waals surface area (Å²) >= 11 is 3.39. The largest absolute Gasteiger partial charge is 0.334 e. The Morgan fingerprint density at radius 3 is 2.84 bits per heavy atom. The molecule has 98 valence electrons. The fourth-order valence-electron chi connectivity index (χ4n) is 1.53. The first kappa shape index (κ1) is 13.5. The van der Waals surface area contributed by atoms with Gasteiger partial charge in [0.25, 0.3) is 0 Å². The molecule has 0 radical (unpaired) electrons. The van der Waals surface area contributed by atoms with Crippen molar-refractivity contribution in [3.05, 3.63) is 58.2 Å². The summed E-state index contributed by atoms with van der Waals surface area (Å²) in [5, 5.41) is 5.46. The Morgan fingerprint density at radius 2 is 2.16 bits per heavy atom. The van der Waals surface area contributed by atoms with Gasteiger partial charge in [-0.05, 0) is 36.2 Å². The number of carbonyl (C=O) groups excluding carboxylic acids is 1. The Labute approximate surface area is 120 Å². The number of nitrogens with one attached hydrogen (secondary N) is 2. The summed E-state index contributed by atoms with van der Waals surface area (Å²) in [5.74, 6) is 0.539. The number of carbonyl (C=O) groups is 1. The maximum Gasteiger partial charge on any atom is 0.320 e. The van der Waals surface area contributed by atoms with Gasteiger partial charge in [0, 0.05) is 17.2 Å². The predicted molar refractivity (Wildman–Crippen MR) is 79.0 cm³/mol. The van der Waals surface area contributed by atoms with Gasteiger partial charge in [0.15, 0.2) is 0 Å². The van der Waals surface area contributed by atoms with E-state index >= 15 is 0 Å². The molecule has 0 unspecified atom stereocenters. The third-order valence-electron chi connectivity index (χ3n) is 2.50. The highest BCUT2D eigenvalue weighted by molar-refractivity contribution is 9.10. The molecule has 1 aromatic carbocycles. The van der Waals surface area contributed by atoms with Crippen molar-refractivity contribution in [3.8, 4) is 0 Å². The van der Waals surface area contributed by atoms with Crippen LogP contribution < -0.4 is 10.6 Å². The normalized spacial score (nSPS) is 10.0. The Balaban J connectivity index is 1.86. The van der Waals surface area contributed by atoms with E-state index in [2.05, 4.69) is 31.5 Å². The lowest BCUT2D eigenvalue weighted by atomic mass is 10.2. The SMILES string of the molecule is Cc1ccc(NC(=O)NCc2cccc(Br)c2)nc1. The molecule has 0 saturated carbocycles. The van der Waals surface area contributed by atoms with Gasteiger partial charge in [-0.2, -0.15) is 0 Å². The number of rotatable bonds is 3. The second-order valence-corrected chi connectivity index (χ2v) is 5.07. The van der Waals surface area contributed by atoms with Crippen LogP contribution in [0.4, 0.5) is 10.6 Å². The molecule has 2 N–H and O–H groups in total. The molecule has 1 heterocycles. The van der Waals surface area contributed by atoms with E-state index in [9.17, 15) is 4.79 Å². The van der Waals surface area contributed by atoms with E-state index in [-0.39, 0.29) is 6.03 Å². The third kappa shape index (κ3) is 4.37. The first-order chi connectivity index (χ1) is 9.13. The average Bonchev–Trinajstić information content (AvgIpc) is 2.39. The van der Waals surface area contributed by atoms with E-state index in [1.54, 1.807) is 12.3 Å². The van der Waals surface area contributed by atoms with Crippen molar-refractivity contribution in [1.29, 1.82) is 0 Å². The Hall–Kier alpha value is -1.88. The zero-order chi connectivity index (χ0) is 13.7. The van der Waals surface area contributed by atoms with Crippen molar-refractivity contribution < 1.29 is 4.79 Å². The maximum absolute atomic E-state index is 11.7. The van der Waals surface area contributed by atoms with E-state index in [0.717, 1.165) is 15.6 Å². The fraction of sp³-hybridized carbons (Fsp3) is 0.143. The van der Waals surface area contributed by atoms with Crippen LogP contribution >= 0.6 is 15.9 Å². The van der Waals surface area contributed by atoms with Crippen LogP contribution in [0, 0.1) is 6.92 Å². The number of aromatic nitrogens is 1. The summed E-state index contributed by atoms with van der Waals surface area (Å²) in [5.41, 5.74) is 2.08. The zero-order valence-electron chi connectivity index (χ0n) is 10.5. The van der Waals surface area contributed by atoms with Gasteiger partial charge in [-0.3, -0.25) is 5.32 Å². The molecule has 0 aliphatic carbocycles. The Bertz CT molecular complexity index is 569. The molecule has 2 aromatic rings. The first-order valence-corrected chi connectivity index (χ1v) is 6.65. The molecular weight excluding hydrogens is 306 g/mol. The summed E-state index contributed by atoms with van der Waals surface area (Å²) in [6.45, 7) is 2.42. The Morgan fingerprint density at radius 1 is 1.32 bits per heavy atom. The highest BCUT2D eigenvalue weighted by atomic mass is 79.9. The minimum absolute atomic E-state index is 0.267. The summed E-state index contributed by atoms with van der Waals surface area (Å²) < 4.78 is 0.993. The van der Waals surface area contributed by atoms with Gasteiger partial charge in [-0.1, -0.05) is 34.1 Å². The van der Waals surface area contributed by atoms with E-state index in [1.165, 1.54) is 0 Å².